The lowest BCUT2D eigenvalue weighted by molar-refractivity contribution is 0.0988. The number of carbonyl (C=O) groups excluding carboxylic acids is 1. The lowest BCUT2D eigenvalue weighted by Crippen LogP contribution is -2.30. The molecule has 1 heterocycles. The van der Waals surface area contributed by atoms with Gasteiger partial charge in [-0.25, -0.2) is 0 Å². The van der Waals surface area contributed by atoms with Gasteiger partial charge in [0, 0.05) is 24.1 Å². The zero-order valence-corrected chi connectivity index (χ0v) is 15.1. The molecule has 0 radical (unpaired) electrons. The number of benzene rings is 2. The summed E-state index contributed by atoms with van der Waals surface area (Å²) < 4.78 is 0. The van der Waals surface area contributed by atoms with Gasteiger partial charge in [-0.1, -0.05) is 37.3 Å². The number of carbonyl (C=O) groups is 1. The van der Waals surface area contributed by atoms with Gasteiger partial charge in [0.25, 0.3) is 5.91 Å². The van der Waals surface area contributed by atoms with Crippen LogP contribution in [0.5, 0.6) is 0 Å². The van der Waals surface area contributed by atoms with Crippen molar-refractivity contribution in [1.82, 2.24) is 4.98 Å². The first kappa shape index (κ1) is 17.7. The molecule has 3 rings (SSSR count). The number of anilines is 3. The maximum atomic E-state index is 12.9. The second-order valence-electron chi connectivity index (χ2n) is 6.02. The molecule has 1 aromatic heterocycles. The van der Waals surface area contributed by atoms with E-state index in [0.717, 1.165) is 23.5 Å². The molecule has 0 aliphatic heterocycles. The maximum absolute atomic E-state index is 12.9. The van der Waals surface area contributed by atoms with E-state index in [4.69, 9.17) is 0 Å². The van der Waals surface area contributed by atoms with Crippen molar-refractivity contribution < 1.29 is 4.79 Å². The first-order valence-corrected chi connectivity index (χ1v) is 8.89. The molecule has 2 aromatic carbocycles. The van der Waals surface area contributed by atoms with E-state index in [-0.39, 0.29) is 5.91 Å². The van der Waals surface area contributed by atoms with Gasteiger partial charge in [-0.3, -0.25) is 9.78 Å². The molecule has 0 aliphatic rings. The molecule has 0 unspecified atom stereocenters. The number of pyridine rings is 1. The van der Waals surface area contributed by atoms with E-state index in [2.05, 4.69) is 29.4 Å². The molecule has 1 amide bonds. The highest BCUT2D eigenvalue weighted by molar-refractivity contribution is 6.06. The Kier molecular flexibility index (Phi) is 5.64. The molecule has 0 spiro atoms. The minimum Gasteiger partial charge on any atom is -0.354 e. The first-order valence-electron chi connectivity index (χ1n) is 8.89. The lowest BCUT2D eigenvalue weighted by Gasteiger charge is -2.21. The van der Waals surface area contributed by atoms with Crippen molar-refractivity contribution in [3.8, 4) is 0 Å². The SMILES string of the molecule is CCc1ccc(Nc2cncc(C(=O)N(CC)c3ccccc3)c2)cc1. The van der Waals surface area contributed by atoms with Crippen molar-refractivity contribution in [2.45, 2.75) is 20.3 Å². The molecule has 4 heteroatoms. The average molecular weight is 345 g/mol. The standard InChI is InChI=1S/C22H23N3O/c1-3-17-10-12-19(13-11-17)24-20-14-18(15-23-16-20)22(26)25(4-2)21-8-6-5-7-9-21/h5-16,24H,3-4H2,1-2H3. The van der Waals surface area contributed by atoms with Gasteiger partial charge in [0.05, 0.1) is 17.4 Å². The molecule has 0 saturated carbocycles. The van der Waals surface area contributed by atoms with Crippen molar-refractivity contribution in [1.29, 1.82) is 0 Å². The van der Waals surface area contributed by atoms with Crippen LogP contribution < -0.4 is 10.2 Å². The van der Waals surface area contributed by atoms with Gasteiger partial charge in [-0.2, -0.15) is 0 Å². The highest BCUT2D eigenvalue weighted by atomic mass is 16.2. The summed E-state index contributed by atoms with van der Waals surface area (Å²) in [6.07, 6.45) is 4.35. The molecular formula is C22H23N3O. The van der Waals surface area contributed by atoms with Crippen LogP contribution in [0.1, 0.15) is 29.8 Å². The van der Waals surface area contributed by atoms with Gasteiger partial charge in [0.15, 0.2) is 0 Å². The third kappa shape index (κ3) is 4.09. The monoisotopic (exact) mass is 345 g/mol. The Morgan fingerprint density at radius 2 is 1.69 bits per heavy atom. The highest BCUT2D eigenvalue weighted by Gasteiger charge is 2.16. The molecule has 0 atom stereocenters. The smallest absolute Gasteiger partial charge is 0.259 e. The van der Waals surface area contributed by atoms with Crippen molar-refractivity contribution in [3.63, 3.8) is 0 Å². The number of aryl methyl sites for hydroxylation is 1. The van der Waals surface area contributed by atoms with Crippen LogP contribution in [0, 0.1) is 0 Å². The van der Waals surface area contributed by atoms with E-state index in [1.54, 1.807) is 17.3 Å². The van der Waals surface area contributed by atoms with E-state index in [1.807, 2.05) is 55.5 Å². The van der Waals surface area contributed by atoms with E-state index in [0.29, 0.717) is 12.1 Å². The van der Waals surface area contributed by atoms with E-state index >= 15 is 0 Å². The molecule has 0 saturated heterocycles. The summed E-state index contributed by atoms with van der Waals surface area (Å²) in [4.78, 5) is 18.9. The fourth-order valence-corrected chi connectivity index (χ4v) is 2.82. The van der Waals surface area contributed by atoms with Gasteiger partial charge < -0.3 is 10.2 Å². The fourth-order valence-electron chi connectivity index (χ4n) is 2.82. The lowest BCUT2D eigenvalue weighted by atomic mass is 10.1. The molecule has 26 heavy (non-hydrogen) atoms. The summed E-state index contributed by atoms with van der Waals surface area (Å²) in [6.45, 7) is 4.70. The van der Waals surface area contributed by atoms with Crippen LogP contribution in [0.4, 0.5) is 17.1 Å². The van der Waals surface area contributed by atoms with Crippen LogP contribution in [0.3, 0.4) is 0 Å². The molecule has 3 aromatic rings. The van der Waals surface area contributed by atoms with Crippen molar-refractivity contribution in [2.75, 3.05) is 16.8 Å². The molecule has 1 N–H and O–H groups in total. The number of amides is 1. The highest BCUT2D eigenvalue weighted by Crippen LogP contribution is 2.20. The number of hydrogen-bond acceptors (Lipinski definition) is 3. The van der Waals surface area contributed by atoms with Crippen LogP contribution in [0.2, 0.25) is 0 Å². The number of rotatable bonds is 6. The van der Waals surface area contributed by atoms with E-state index in [1.165, 1.54) is 5.56 Å². The number of para-hydroxylation sites is 1. The Balaban J connectivity index is 1.80. The summed E-state index contributed by atoms with van der Waals surface area (Å²) in [5, 5.41) is 3.31. The average Bonchev–Trinajstić information content (AvgIpc) is 2.70. The number of nitrogens with zero attached hydrogens (tertiary/aromatic N) is 2. The van der Waals surface area contributed by atoms with Crippen LogP contribution in [-0.2, 0) is 6.42 Å². The third-order valence-corrected chi connectivity index (χ3v) is 4.27. The molecule has 4 nitrogen and oxygen atoms in total. The molecular weight excluding hydrogens is 322 g/mol. The number of hydrogen-bond donors (Lipinski definition) is 1. The Bertz CT molecular complexity index is 860. The summed E-state index contributed by atoms with van der Waals surface area (Å²) in [7, 11) is 0. The van der Waals surface area contributed by atoms with Crippen molar-refractivity contribution in [3.05, 3.63) is 84.2 Å². The third-order valence-electron chi connectivity index (χ3n) is 4.27. The Morgan fingerprint density at radius 1 is 0.962 bits per heavy atom. The van der Waals surface area contributed by atoms with Crippen LogP contribution in [0.15, 0.2) is 73.1 Å². The first-order chi connectivity index (χ1) is 12.7. The second kappa shape index (κ2) is 8.30. The van der Waals surface area contributed by atoms with Gasteiger partial charge >= 0.3 is 0 Å². The zero-order valence-electron chi connectivity index (χ0n) is 15.1. The van der Waals surface area contributed by atoms with Crippen LogP contribution in [0.25, 0.3) is 0 Å². The molecule has 0 aliphatic carbocycles. The second-order valence-corrected chi connectivity index (χ2v) is 6.02. The molecule has 132 valence electrons. The van der Waals surface area contributed by atoms with Crippen molar-refractivity contribution >= 4 is 23.0 Å². The normalized spacial score (nSPS) is 10.4. The van der Waals surface area contributed by atoms with Crippen LogP contribution in [-0.4, -0.2) is 17.4 Å². The van der Waals surface area contributed by atoms with Gasteiger partial charge in [0.1, 0.15) is 0 Å². The molecule has 0 bridgehead atoms. The van der Waals surface area contributed by atoms with E-state index < -0.39 is 0 Å². The quantitative estimate of drug-likeness (QED) is 0.679. The predicted molar refractivity (Wildman–Crippen MR) is 107 cm³/mol. The van der Waals surface area contributed by atoms with E-state index in [9.17, 15) is 4.79 Å². The predicted octanol–water partition coefficient (Wildman–Crippen LogP) is 5.05. The largest absolute Gasteiger partial charge is 0.354 e. The molecule has 0 fully saturated rings. The van der Waals surface area contributed by atoms with Gasteiger partial charge in [-0.15, -0.1) is 0 Å². The topological polar surface area (TPSA) is 45.2 Å². The Hall–Kier alpha value is -3.14. The van der Waals surface area contributed by atoms with Gasteiger partial charge in [-0.05, 0) is 49.2 Å². The fraction of sp³-hybridized carbons (Fsp3) is 0.182. The summed E-state index contributed by atoms with van der Waals surface area (Å²) in [6, 6.07) is 19.8. The minimum atomic E-state index is -0.0591. The summed E-state index contributed by atoms with van der Waals surface area (Å²) in [5.41, 5.74) is 4.51. The number of nitrogens with one attached hydrogen (secondary N) is 1. The maximum Gasteiger partial charge on any atom is 0.259 e. The Labute approximate surface area is 154 Å². The van der Waals surface area contributed by atoms with Gasteiger partial charge in [0.2, 0.25) is 0 Å². The minimum absolute atomic E-state index is 0.0591. The Morgan fingerprint density at radius 3 is 2.35 bits per heavy atom. The summed E-state index contributed by atoms with van der Waals surface area (Å²) in [5.74, 6) is -0.0591. The van der Waals surface area contributed by atoms with Crippen molar-refractivity contribution in [2.24, 2.45) is 0 Å². The summed E-state index contributed by atoms with van der Waals surface area (Å²) >= 11 is 0. The van der Waals surface area contributed by atoms with Crippen LogP contribution >= 0.6 is 0 Å². The zero-order chi connectivity index (χ0) is 18.4. The number of aromatic nitrogens is 1.